The molecule has 0 radical (unpaired) electrons. The maximum absolute atomic E-state index is 5.54. The maximum atomic E-state index is 5.54. The molecule has 1 rings (SSSR count). The minimum atomic E-state index is -0.986. The molecule has 0 atom stereocenters. The molecule has 0 aliphatic rings. The molecule has 0 amide bonds. The quantitative estimate of drug-likeness (QED) is 0.602. The molecular weight excluding hydrogens is 200 g/mol. The fraction of sp³-hybridized carbons (Fsp3) is 0.400. The standard InChI is InChI=1S/C10H16OS2/c1-4-11-9-7-5-6-8-10(9)13(2,3)12/h5-8,12H,4H2,1-3H3. The van der Waals surface area contributed by atoms with E-state index in [0.29, 0.717) is 6.61 Å². The van der Waals surface area contributed by atoms with E-state index in [1.807, 2.05) is 25.1 Å². The minimum Gasteiger partial charge on any atom is -0.493 e. The number of ether oxygens (including phenoxy) is 1. The summed E-state index contributed by atoms with van der Waals surface area (Å²) in [5.74, 6) is 0.972. The Kier molecular flexibility index (Phi) is 3.56. The Morgan fingerprint density at radius 3 is 2.46 bits per heavy atom. The Bertz CT molecular complexity index is 278. The molecule has 0 aliphatic carbocycles. The normalized spacial score (nSPS) is 12.6. The van der Waals surface area contributed by atoms with Gasteiger partial charge in [-0.25, -0.2) is 0 Å². The highest BCUT2D eigenvalue weighted by molar-refractivity contribution is 8.87. The smallest absolute Gasteiger partial charge is 0.132 e. The lowest BCUT2D eigenvalue weighted by Crippen LogP contribution is -1.97. The molecule has 0 aliphatic heterocycles. The van der Waals surface area contributed by atoms with Crippen molar-refractivity contribution in [2.45, 2.75) is 11.8 Å². The summed E-state index contributed by atoms with van der Waals surface area (Å²) >= 11 is 4.61. The highest BCUT2D eigenvalue weighted by Crippen LogP contribution is 2.56. The first-order valence-electron chi connectivity index (χ1n) is 4.23. The van der Waals surface area contributed by atoms with Crippen LogP contribution in [-0.2, 0) is 0 Å². The van der Waals surface area contributed by atoms with Gasteiger partial charge in [-0.15, -0.1) is 11.7 Å². The molecular formula is C10H16OS2. The molecule has 0 saturated heterocycles. The van der Waals surface area contributed by atoms with E-state index in [9.17, 15) is 0 Å². The highest BCUT2D eigenvalue weighted by Gasteiger charge is 2.13. The van der Waals surface area contributed by atoms with Gasteiger partial charge in [0, 0.05) is 4.90 Å². The van der Waals surface area contributed by atoms with Crippen LogP contribution in [0.2, 0.25) is 0 Å². The minimum absolute atomic E-state index is 0.709. The Morgan fingerprint density at radius 1 is 1.31 bits per heavy atom. The van der Waals surface area contributed by atoms with Crippen molar-refractivity contribution in [2.24, 2.45) is 0 Å². The fourth-order valence-electron chi connectivity index (χ4n) is 1.14. The van der Waals surface area contributed by atoms with Crippen molar-refractivity contribution in [1.29, 1.82) is 0 Å². The molecule has 1 aromatic carbocycles. The first kappa shape index (κ1) is 10.8. The Hall–Kier alpha value is -0.280. The van der Waals surface area contributed by atoms with Crippen LogP contribution in [0.1, 0.15) is 6.92 Å². The molecule has 74 valence electrons. The van der Waals surface area contributed by atoms with Gasteiger partial charge in [-0.05, 0) is 31.6 Å². The fourth-order valence-corrected chi connectivity index (χ4v) is 2.62. The number of hydrogen-bond donors (Lipinski definition) is 1. The summed E-state index contributed by atoms with van der Waals surface area (Å²) in [6.45, 7) is 2.71. The van der Waals surface area contributed by atoms with Crippen molar-refractivity contribution in [2.75, 3.05) is 19.1 Å². The van der Waals surface area contributed by atoms with E-state index in [4.69, 9.17) is 4.74 Å². The second kappa shape index (κ2) is 4.29. The van der Waals surface area contributed by atoms with Gasteiger partial charge in [0.1, 0.15) is 5.75 Å². The van der Waals surface area contributed by atoms with Gasteiger partial charge in [0.2, 0.25) is 0 Å². The molecule has 0 fully saturated rings. The van der Waals surface area contributed by atoms with E-state index in [2.05, 4.69) is 30.2 Å². The maximum Gasteiger partial charge on any atom is 0.132 e. The lowest BCUT2D eigenvalue weighted by Gasteiger charge is -2.26. The van der Waals surface area contributed by atoms with Crippen LogP contribution in [0.15, 0.2) is 29.2 Å². The molecule has 0 aromatic heterocycles. The Balaban J connectivity index is 3.05. The number of hydrogen-bond acceptors (Lipinski definition) is 2. The molecule has 3 heteroatoms. The summed E-state index contributed by atoms with van der Waals surface area (Å²) in [5.41, 5.74) is 0. The van der Waals surface area contributed by atoms with Crippen LogP contribution in [0.4, 0.5) is 0 Å². The number of thiol groups is 1. The van der Waals surface area contributed by atoms with E-state index >= 15 is 0 Å². The summed E-state index contributed by atoms with van der Waals surface area (Å²) in [4.78, 5) is 1.22. The zero-order chi connectivity index (χ0) is 9.90. The topological polar surface area (TPSA) is 9.23 Å². The van der Waals surface area contributed by atoms with Crippen LogP contribution in [-0.4, -0.2) is 19.1 Å². The third-order valence-electron chi connectivity index (χ3n) is 1.69. The summed E-state index contributed by atoms with van der Waals surface area (Å²) < 4.78 is 5.54. The van der Waals surface area contributed by atoms with Crippen LogP contribution >= 0.6 is 20.7 Å². The molecule has 0 bridgehead atoms. The van der Waals surface area contributed by atoms with Crippen LogP contribution < -0.4 is 4.74 Å². The van der Waals surface area contributed by atoms with Crippen molar-refractivity contribution in [3.63, 3.8) is 0 Å². The first-order chi connectivity index (χ1) is 6.05. The predicted octanol–water partition coefficient (Wildman–Crippen LogP) is 3.35. The predicted molar refractivity (Wildman–Crippen MR) is 64.3 cm³/mol. The lowest BCUT2D eigenvalue weighted by atomic mass is 10.3. The van der Waals surface area contributed by atoms with Gasteiger partial charge < -0.3 is 4.74 Å². The molecule has 1 nitrogen and oxygen atoms in total. The number of benzene rings is 1. The molecule has 0 heterocycles. The summed E-state index contributed by atoms with van der Waals surface area (Å²) in [6, 6.07) is 8.12. The monoisotopic (exact) mass is 216 g/mol. The van der Waals surface area contributed by atoms with Crippen molar-refractivity contribution in [3.8, 4) is 5.75 Å². The van der Waals surface area contributed by atoms with E-state index in [-0.39, 0.29) is 0 Å². The van der Waals surface area contributed by atoms with Gasteiger partial charge in [-0.3, -0.25) is 0 Å². The van der Waals surface area contributed by atoms with E-state index in [0.717, 1.165) is 5.75 Å². The van der Waals surface area contributed by atoms with Gasteiger partial charge >= 0.3 is 0 Å². The molecule has 13 heavy (non-hydrogen) atoms. The third kappa shape index (κ3) is 2.85. The number of para-hydroxylation sites is 1. The third-order valence-corrected chi connectivity index (χ3v) is 3.69. The van der Waals surface area contributed by atoms with Gasteiger partial charge in [0.25, 0.3) is 0 Å². The summed E-state index contributed by atoms with van der Waals surface area (Å²) in [5, 5.41) is 0. The van der Waals surface area contributed by atoms with Crippen LogP contribution in [0.5, 0.6) is 5.75 Å². The van der Waals surface area contributed by atoms with Crippen molar-refractivity contribution < 1.29 is 4.74 Å². The molecule has 0 unspecified atom stereocenters. The SMILES string of the molecule is CCOc1ccccc1S(C)(C)S. The second-order valence-corrected chi connectivity index (χ2v) is 8.88. The average molecular weight is 216 g/mol. The summed E-state index contributed by atoms with van der Waals surface area (Å²) in [7, 11) is -0.986. The van der Waals surface area contributed by atoms with Crippen LogP contribution in [0, 0.1) is 0 Å². The zero-order valence-corrected chi connectivity index (χ0v) is 9.99. The van der Waals surface area contributed by atoms with Gasteiger partial charge in [0.05, 0.1) is 6.61 Å². The Morgan fingerprint density at radius 2 is 1.92 bits per heavy atom. The zero-order valence-electron chi connectivity index (χ0n) is 8.28. The van der Waals surface area contributed by atoms with Crippen molar-refractivity contribution >= 4 is 20.7 Å². The highest BCUT2D eigenvalue weighted by atomic mass is 33.1. The molecule has 0 N–H and O–H groups in total. The molecule has 0 saturated carbocycles. The molecule has 1 aromatic rings. The van der Waals surface area contributed by atoms with E-state index < -0.39 is 9.06 Å². The van der Waals surface area contributed by atoms with Crippen molar-refractivity contribution in [3.05, 3.63) is 24.3 Å². The second-order valence-electron chi connectivity index (χ2n) is 3.15. The van der Waals surface area contributed by atoms with Gasteiger partial charge in [-0.1, -0.05) is 12.1 Å². The number of rotatable bonds is 3. The Labute approximate surface area is 86.6 Å². The van der Waals surface area contributed by atoms with Gasteiger partial charge in [0.15, 0.2) is 0 Å². The van der Waals surface area contributed by atoms with Crippen molar-refractivity contribution in [1.82, 2.24) is 0 Å². The lowest BCUT2D eigenvalue weighted by molar-refractivity contribution is 0.332. The van der Waals surface area contributed by atoms with E-state index in [1.165, 1.54) is 4.90 Å². The largest absolute Gasteiger partial charge is 0.493 e. The average Bonchev–Trinajstić information content (AvgIpc) is 2.04. The van der Waals surface area contributed by atoms with Gasteiger partial charge in [-0.2, -0.15) is 9.06 Å². The van der Waals surface area contributed by atoms with Crippen LogP contribution in [0.3, 0.4) is 0 Å². The molecule has 0 spiro atoms. The first-order valence-corrected chi connectivity index (χ1v) is 7.73. The van der Waals surface area contributed by atoms with E-state index in [1.54, 1.807) is 0 Å². The van der Waals surface area contributed by atoms with Crippen LogP contribution in [0.25, 0.3) is 0 Å². The summed E-state index contributed by atoms with van der Waals surface area (Å²) in [6.07, 6.45) is 4.29.